The number of rotatable bonds is 0. The Bertz CT molecular complexity index is 755. The van der Waals surface area contributed by atoms with E-state index in [9.17, 15) is 10.0 Å². The summed E-state index contributed by atoms with van der Waals surface area (Å²) in [6, 6.07) is 9.30. The fourth-order valence-electron chi connectivity index (χ4n) is 1.97. The number of pyridine rings is 1. The summed E-state index contributed by atoms with van der Waals surface area (Å²) >= 11 is 0. The van der Waals surface area contributed by atoms with E-state index in [1.165, 1.54) is 4.40 Å². The van der Waals surface area contributed by atoms with Gasteiger partial charge in [0, 0.05) is 5.39 Å². The molecule has 3 rings (SSSR count). The van der Waals surface area contributed by atoms with E-state index < -0.39 is 5.69 Å². The molecule has 2 aromatic heterocycles. The fourth-order valence-corrected chi connectivity index (χ4v) is 1.97. The first-order valence-electron chi connectivity index (χ1n) is 4.88. The van der Waals surface area contributed by atoms with Gasteiger partial charge in [0.15, 0.2) is 5.65 Å². The van der Waals surface area contributed by atoms with Crippen molar-refractivity contribution in [3.63, 3.8) is 0 Å². The van der Waals surface area contributed by atoms with E-state index in [1.807, 2.05) is 31.2 Å². The quantitative estimate of drug-likeness (QED) is 0.573. The molecule has 0 radical (unpaired) electrons. The third-order valence-electron chi connectivity index (χ3n) is 2.70. The Morgan fingerprint density at radius 2 is 2.06 bits per heavy atom. The van der Waals surface area contributed by atoms with Gasteiger partial charge in [0.1, 0.15) is 0 Å². The molecule has 0 saturated carbocycles. The van der Waals surface area contributed by atoms with E-state index in [0.717, 1.165) is 16.5 Å². The van der Waals surface area contributed by atoms with Crippen LogP contribution in [0.3, 0.4) is 0 Å². The third-order valence-corrected chi connectivity index (χ3v) is 2.70. The minimum Gasteiger partial charge on any atom is -0.407 e. The van der Waals surface area contributed by atoms with Crippen LogP contribution < -0.4 is 5.69 Å². The summed E-state index contributed by atoms with van der Waals surface area (Å²) in [5.74, 6) is 0. The van der Waals surface area contributed by atoms with Gasteiger partial charge in [-0.3, -0.25) is 0 Å². The molecule has 5 nitrogen and oxygen atoms in total. The van der Waals surface area contributed by atoms with Crippen LogP contribution in [0.25, 0.3) is 16.6 Å². The van der Waals surface area contributed by atoms with Crippen LogP contribution in [-0.2, 0) is 0 Å². The van der Waals surface area contributed by atoms with Crippen molar-refractivity contribution in [1.82, 2.24) is 14.3 Å². The number of hydrogen-bond acceptors (Lipinski definition) is 3. The van der Waals surface area contributed by atoms with Crippen molar-refractivity contribution in [3.05, 3.63) is 46.4 Å². The maximum atomic E-state index is 11.7. The SMILES string of the molecule is Cc1cc2nn(O)c(=O)n2c2ccccc12. The second-order valence-electron chi connectivity index (χ2n) is 3.71. The number of aryl methyl sites for hydroxylation is 1. The van der Waals surface area contributed by atoms with Crippen LogP contribution in [0.15, 0.2) is 35.1 Å². The summed E-state index contributed by atoms with van der Waals surface area (Å²) in [6.45, 7) is 1.95. The van der Waals surface area contributed by atoms with Crippen molar-refractivity contribution in [2.24, 2.45) is 0 Å². The lowest BCUT2D eigenvalue weighted by Gasteiger charge is -2.02. The summed E-state index contributed by atoms with van der Waals surface area (Å²) in [4.78, 5) is 12.0. The Labute approximate surface area is 90.1 Å². The lowest BCUT2D eigenvalue weighted by molar-refractivity contribution is 0.139. The smallest absolute Gasteiger partial charge is 0.385 e. The van der Waals surface area contributed by atoms with Crippen molar-refractivity contribution in [1.29, 1.82) is 0 Å². The van der Waals surface area contributed by atoms with Gasteiger partial charge in [-0.15, -0.1) is 5.10 Å². The van der Waals surface area contributed by atoms with E-state index >= 15 is 0 Å². The monoisotopic (exact) mass is 215 g/mol. The average molecular weight is 215 g/mol. The predicted molar refractivity (Wildman–Crippen MR) is 58.9 cm³/mol. The van der Waals surface area contributed by atoms with Crippen LogP contribution in [-0.4, -0.2) is 19.6 Å². The van der Waals surface area contributed by atoms with Gasteiger partial charge in [0.25, 0.3) is 0 Å². The number of hydrogen-bond donors (Lipinski definition) is 1. The van der Waals surface area contributed by atoms with Crippen molar-refractivity contribution in [2.75, 3.05) is 0 Å². The molecule has 0 atom stereocenters. The molecule has 0 fully saturated rings. The van der Waals surface area contributed by atoms with Crippen LogP contribution in [0.5, 0.6) is 0 Å². The Kier molecular flexibility index (Phi) is 1.60. The highest BCUT2D eigenvalue weighted by atomic mass is 16.5. The third kappa shape index (κ3) is 0.995. The van der Waals surface area contributed by atoms with E-state index in [2.05, 4.69) is 5.10 Å². The predicted octanol–water partition coefficient (Wildman–Crippen LogP) is 1.19. The lowest BCUT2D eigenvalue weighted by atomic mass is 10.1. The molecule has 0 aliphatic rings. The van der Waals surface area contributed by atoms with E-state index in [-0.39, 0.29) is 0 Å². The van der Waals surface area contributed by atoms with Crippen LogP contribution in [0.1, 0.15) is 5.56 Å². The van der Waals surface area contributed by atoms with Crippen LogP contribution in [0, 0.1) is 6.92 Å². The normalized spacial score (nSPS) is 11.3. The van der Waals surface area contributed by atoms with Gasteiger partial charge >= 0.3 is 5.69 Å². The Morgan fingerprint density at radius 1 is 1.31 bits per heavy atom. The highest BCUT2D eigenvalue weighted by Crippen LogP contribution is 2.18. The van der Waals surface area contributed by atoms with Crippen molar-refractivity contribution >= 4 is 16.6 Å². The summed E-state index contributed by atoms with van der Waals surface area (Å²) in [5.41, 5.74) is 1.67. The zero-order valence-corrected chi connectivity index (χ0v) is 8.58. The van der Waals surface area contributed by atoms with E-state index in [1.54, 1.807) is 6.07 Å². The maximum absolute atomic E-state index is 11.7. The first-order valence-corrected chi connectivity index (χ1v) is 4.88. The molecular weight excluding hydrogens is 206 g/mol. The van der Waals surface area contributed by atoms with Crippen LogP contribution in [0.2, 0.25) is 0 Å². The minimum atomic E-state index is -0.550. The largest absolute Gasteiger partial charge is 0.407 e. The molecule has 5 heteroatoms. The van der Waals surface area contributed by atoms with Gasteiger partial charge in [-0.05, 0) is 29.5 Å². The summed E-state index contributed by atoms with van der Waals surface area (Å²) < 4.78 is 1.39. The fraction of sp³-hybridized carbons (Fsp3) is 0.0909. The minimum absolute atomic E-state index is 0.362. The van der Waals surface area contributed by atoms with Gasteiger partial charge in [-0.1, -0.05) is 18.2 Å². The average Bonchev–Trinajstić information content (AvgIpc) is 2.55. The molecule has 16 heavy (non-hydrogen) atoms. The van der Waals surface area contributed by atoms with Crippen molar-refractivity contribution in [2.45, 2.75) is 6.92 Å². The standard InChI is InChI=1S/C11H9N3O2/c1-7-6-10-12-14(16)11(15)13(10)9-5-3-2-4-8(7)9/h2-6,16H,1H3. The molecule has 0 bridgehead atoms. The molecule has 0 saturated heterocycles. The highest BCUT2D eigenvalue weighted by Gasteiger charge is 2.10. The number of nitrogens with zero attached hydrogens (tertiary/aromatic N) is 3. The molecule has 0 aliphatic carbocycles. The topological polar surface area (TPSA) is 59.5 Å². The number of fused-ring (bicyclic) bond motifs is 3. The molecule has 1 aromatic carbocycles. The van der Waals surface area contributed by atoms with Crippen molar-refractivity contribution in [3.8, 4) is 0 Å². The Balaban J connectivity index is 2.72. The van der Waals surface area contributed by atoms with Crippen LogP contribution >= 0.6 is 0 Å². The molecule has 3 aromatic rings. The first kappa shape index (κ1) is 8.96. The first-order chi connectivity index (χ1) is 7.68. The zero-order valence-electron chi connectivity index (χ0n) is 8.58. The summed E-state index contributed by atoms with van der Waals surface area (Å²) in [5, 5.41) is 14.0. The summed E-state index contributed by atoms with van der Waals surface area (Å²) in [6.07, 6.45) is 0. The van der Waals surface area contributed by atoms with Crippen molar-refractivity contribution < 1.29 is 5.21 Å². The van der Waals surface area contributed by atoms with Gasteiger partial charge in [0.2, 0.25) is 0 Å². The van der Waals surface area contributed by atoms with Gasteiger partial charge in [0.05, 0.1) is 5.52 Å². The molecule has 0 amide bonds. The lowest BCUT2D eigenvalue weighted by Crippen LogP contribution is -2.19. The maximum Gasteiger partial charge on any atom is 0.385 e. The van der Waals surface area contributed by atoms with Gasteiger partial charge < -0.3 is 5.21 Å². The molecular formula is C11H9N3O2. The van der Waals surface area contributed by atoms with E-state index in [4.69, 9.17) is 0 Å². The summed E-state index contributed by atoms with van der Waals surface area (Å²) in [7, 11) is 0. The number of benzene rings is 1. The Hall–Kier alpha value is -2.30. The highest BCUT2D eigenvalue weighted by molar-refractivity contribution is 5.85. The molecule has 2 heterocycles. The van der Waals surface area contributed by atoms with E-state index in [0.29, 0.717) is 10.5 Å². The number of aromatic nitrogens is 3. The molecule has 0 aliphatic heterocycles. The van der Waals surface area contributed by atoms with Gasteiger partial charge in [-0.2, -0.15) is 0 Å². The molecule has 0 unspecified atom stereocenters. The second kappa shape index (κ2) is 2.85. The molecule has 1 N–H and O–H groups in total. The Morgan fingerprint density at radius 3 is 2.88 bits per heavy atom. The second-order valence-corrected chi connectivity index (χ2v) is 3.71. The molecule has 0 spiro atoms. The molecule has 80 valence electrons. The van der Waals surface area contributed by atoms with Gasteiger partial charge in [-0.25, -0.2) is 9.20 Å². The zero-order chi connectivity index (χ0) is 11.3. The van der Waals surface area contributed by atoms with Crippen LogP contribution in [0.4, 0.5) is 0 Å². The number of para-hydroxylation sites is 1.